The molecule has 0 fully saturated rings. The number of hydrogen-bond acceptors (Lipinski definition) is 7. The van der Waals surface area contributed by atoms with Gasteiger partial charge in [0, 0.05) is 13.0 Å². The molecule has 7 heteroatoms. The predicted octanol–water partition coefficient (Wildman–Crippen LogP) is 4.41. The summed E-state index contributed by atoms with van der Waals surface area (Å²) in [5, 5.41) is 0. The van der Waals surface area contributed by atoms with Gasteiger partial charge in [0.25, 0.3) is 0 Å². The van der Waals surface area contributed by atoms with Crippen molar-refractivity contribution in [3.05, 3.63) is 108 Å². The zero-order chi connectivity index (χ0) is 27.0. The summed E-state index contributed by atoms with van der Waals surface area (Å²) in [6.07, 6.45) is 2.38. The Labute approximate surface area is 236 Å². The lowest BCUT2D eigenvalue weighted by atomic mass is 10.1. The molecule has 3 aliphatic rings. The maximum Gasteiger partial charge on any atom is 0.198 e. The summed E-state index contributed by atoms with van der Waals surface area (Å²) < 4.78 is 18.1. The third kappa shape index (κ3) is 7.43. The van der Waals surface area contributed by atoms with Gasteiger partial charge in [0.1, 0.15) is 13.2 Å². The monoisotopic (exact) mass is 536 g/mol. The predicted molar refractivity (Wildman–Crippen MR) is 158 cm³/mol. The summed E-state index contributed by atoms with van der Waals surface area (Å²) in [4.78, 5) is 17.0. The second-order valence-corrected chi connectivity index (χ2v) is 10.7. The zero-order valence-corrected chi connectivity index (χ0v) is 22.8. The first-order chi connectivity index (χ1) is 19.7. The Balaban J connectivity index is 1.11. The van der Waals surface area contributed by atoms with Crippen molar-refractivity contribution in [2.75, 3.05) is 39.5 Å². The van der Waals surface area contributed by atoms with E-state index in [2.05, 4.69) is 77.7 Å². The van der Waals surface area contributed by atoms with E-state index < -0.39 is 0 Å². The van der Waals surface area contributed by atoms with E-state index in [-0.39, 0.29) is 18.3 Å². The highest BCUT2D eigenvalue weighted by atomic mass is 16.5. The first kappa shape index (κ1) is 26.4. The van der Waals surface area contributed by atoms with Crippen LogP contribution in [0.2, 0.25) is 0 Å². The van der Waals surface area contributed by atoms with E-state index in [4.69, 9.17) is 29.2 Å². The van der Waals surface area contributed by atoms with Crippen LogP contribution in [0.25, 0.3) is 0 Å². The van der Waals surface area contributed by atoms with Crippen LogP contribution in [0.15, 0.2) is 106 Å². The van der Waals surface area contributed by atoms with E-state index in [0.717, 1.165) is 36.8 Å². The van der Waals surface area contributed by atoms with Gasteiger partial charge < -0.3 is 14.2 Å². The second-order valence-electron chi connectivity index (χ2n) is 10.7. The summed E-state index contributed by atoms with van der Waals surface area (Å²) in [5.41, 5.74) is 4.81. The van der Waals surface area contributed by atoms with E-state index in [1.165, 1.54) is 16.7 Å². The molecule has 206 valence electrons. The van der Waals surface area contributed by atoms with E-state index in [0.29, 0.717) is 39.5 Å². The maximum atomic E-state index is 6.05. The number of ether oxygens (including phenoxy) is 3. The number of rotatable bonds is 12. The first-order valence-corrected chi connectivity index (χ1v) is 14.2. The van der Waals surface area contributed by atoms with Crippen LogP contribution in [-0.4, -0.2) is 80.2 Å². The zero-order valence-electron chi connectivity index (χ0n) is 22.8. The molecule has 7 nitrogen and oxygen atoms in total. The van der Waals surface area contributed by atoms with Gasteiger partial charge in [0.2, 0.25) is 0 Å². The van der Waals surface area contributed by atoms with E-state index in [1.54, 1.807) is 0 Å². The molecule has 3 aromatic rings. The van der Waals surface area contributed by atoms with Gasteiger partial charge in [0.15, 0.2) is 18.0 Å². The van der Waals surface area contributed by atoms with Gasteiger partial charge in [-0.15, -0.1) is 0 Å². The Morgan fingerprint density at radius 3 is 1.55 bits per heavy atom. The van der Waals surface area contributed by atoms with Crippen molar-refractivity contribution in [3.63, 3.8) is 0 Å². The highest BCUT2D eigenvalue weighted by Crippen LogP contribution is 2.17. The number of benzene rings is 3. The maximum absolute atomic E-state index is 6.05. The molecule has 0 amide bonds. The van der Waals surface area contributed by atoms with Crippen molar-refractivity contribution in [2.24, 2.45) is 15.0 Å². The lowest BCUT2D eigenvalue weighted by Crippen LogP contribution is -2.39. The third-order valence-corrected chi connectivity index (χ3v) is 7.31. The van der Waals surface area contributed by atoms with Gasteiger partial charge in [-0.3, -0.25) is 9.89 Å². The SMILES string of the molecule is c1ccc(CC2COC(CN(CC3=NC(Cc4ccccc4)OC3)CC3=NC(Cc4ccccc4)CO3)=N2)cc1. The van der Waals surface area contributed by atoms with Crippen molar-refractivity contribution < 1.29 is 14.2 Å². The Bertz CT molecular complexity index is 1160. The molecule has 3 atom stereocenters. The van der Waals surface area contributed by atoms with Gasteiger partial charge in [-0.2, -0.15) is 0 Å². The Hall–Kier alpha value is -3.81. The van der Waals surface area contributed by atoms with E-state index in [9.17, 15) is 0 Å². The first-order valence-electron chi connectivity index (χ1n) is 14.2. The van der Waals surface area contributed by atoms with Crippen LogP contribution in [0.4, 0.5) is 0 Å². The fourth-order valence-electron chi connectivity index (χ4n) is 5.38. The van der Waals surface area contributed by atoms with Crippen molar-refractivity contribution >= 4 is 17.5 Å². The minimum atomic E-state index is -0.148. The molecule has 3 unspecified atom stereocenters. The standard InChI is InChI=1S/C33H36N4O3/c1-4-10-25(11-5-1)16-28-22-39-32(34-28)20-37(19-30-24-38-31(36-30)18-27-14-8-3-9-15-27)21-33-35-29(23-40-33)17-26-12-6-2-7-13-26/h1-15,28-29,31H,16-24H2. The molecule has 3 heterocycles. The van der Waals surface area contributed by atoms with Gasteiger partial charge in [-0.25, -0.2) is 9.98 Å². The van der Waals surface area contributed by atoms with Gasteiger partial charge in [-0.05, 0) is 29.5 Å². The smallest absolute Gasteiger partial charge is 0.198 e. The Morgan fingerprint density at radius 1 is 0.575 bits per heavy atom. The summed E-state index contributed by atoms with van der Waals surface area (Å²) in [6.45, 7) is 3.57. The molecular formula is C33H36N4O3. The van der Waals surface area contributed by atoms with Crippen LogP contribution in [-0.2, 0) is 33.5 Å². The molecule has 3 aliphatic heterocycles. The molecule has 0 spiro atoms. The minimum absolute atomic E-state index is 0.136. The topological polar surface area (TPSA) is 68.0 Å². The average molecular weight is 537 g/mol. The number of hydrogen-bond donors (Lipinski definition) is 0. The van der Waals surface area contributed by atoms with Crippen molar-refractivity contribution in [1.29, 1.82) is 0 Å². The van der Waals surface area contributed by atoms with Crippen LogP contribution in [0.3, 0.4) is 0 Å². The lowest BCUT2D eigenvalue weighted by Gasteiger charge is -2.21. The summed E-state index contributed by atoms with van der Waals surface area (Å²) >= 11 is 0. The van der Waals surface area contributed by atoms with E-state index >= 15 is 0 Å². The summed E-state index contributed by atoms with van der Waals surface area (Å²) in [5.74, 6) is 1.53. The minimum Gasteiger partial charge on any atom is -0.478 e. The third-order valence-electron chi connectivity index (χ3n) is 7.31. The number of nitrogens with zero attached hydrogens (tertiary/aromatic N) is 4. The molecule has 0 radical (unpaired) electrons. The largest absolute Gasteiger partial charge is 0.478 e. The molecule has 0 bridgehead atoms. The fourth-order valence-corrected chi connectivity index (χ4v) is 5.38. The summed E-state index contributed by atoms with van der Waals surface area (Å²) in [6, 6.07) is 31.6. The molecule has 0 aliphatic carbocycles. The van der Waals surface area contributed by atoms with Crippen LogP contribution in [0, 0.1) is 0 Å². The highest BCUT2D eigenvalue weighted by molar-refractivity contribution is 5.90. The quantitative estimate of drug-likeness (QED) is 0.344. The van der Waals surface area contributed by atoms with Crippen LogP contribution < -0.4 is 0 Å². The molecular weight excluding hydrogens is 500 g/mol. The van der Waals surface area contributed by atoms with Gasteiger partial charge >= 0.3 is 0 Å². The Morgan fingerprint density at radius 2 is 1.05 bits per heavy atom. The molecule has 0 saturated heterocycles. The van der Waals surface area contributed by atoms with E-state index in [1.807, 2.05) is 18.2 Å². The van der Waals surface area contributed by atoms with Crippen LogP contribution in [0.1, 0.15) is 16.7 Å². The second kappa shape index (κ2) is 13.0. The summed E-state index contributed by atoms with van der Waals surface area (Å²) in [7, 11) is 0. The average Bonchev–Trinajstić information content (AvgIpc) is 3.73. The van der Waals surface area contributed by atoms with Crippen molar-refractivity contribution in [1.82, 2.24) is 4.90 Å². The highest BCUT2D eigenvalue weighted by Gasteiger charge is 2.27. The number of aliphatic imine (C=N–C) groups is 3. The molecule has 40 heavy (non-hydrogen) atoms. The van der Waals surface area contributed by atoms with Gasteiger partial charge in [0.05, 0.1) is 37.5 Å². The molecule has 0 aromatic heterocycles. The van der Waals surface area contributed by atoms with Crippen molar-refractivity contribution in [3.8, 4) is 0 Å². The molecule has 3 aromatic carbocycles. The Kier molecular flexibility index (Phi) is 8.60. The fraction of sp³-hybridized carbons (Fsp3) is 0.364. The van der Waals surface area contributed by atoms with Gasteiger partial charge in [-0.1, -0.05) is 91.0 Å². The van der Waals surface area contributed by atoms with Crippen LogP contribution in [0.5, 0.6) is 0 Å². The molecule has 0 saturated carbocycles. The van der Waals surface area contributed by atoms with Crippen molar-refractivity contribution in [2.45, 2.75) is 37.6 Å². The normalized spacial score (nSPS) is 22.0. The lowest BCUT2D eigenvalue weighted by molar-refractivity contribution is 0.109. The molecule has 0 N–H and O–H groups in total. The van der Waals surface area contributed by atoms with Crippen LogP contribution >= 0.6 is 0 Å². The molecule has 6 rings (SSSR count).